The van der Waals surface area contributed by atoms with Gasteiger partial charge in [0.2, 0.25) is 0 Å². The Labute approximate surface area is 86.3 Å². The van der Waals surface area contributed by atoms with Gasteiger partial charge >= 0.3 is 0 Å². The van der Waals surface area contributed by atoms with Crippen LogP contribution in [0.5, 0.6) is 0 Å². The first-order chi connectivity index (χ1) is 6.95. The normalized spacial score (nSPS) is 14.3. The molecule has 0 atom stereocenters. The van der Waals surface area contributed by atoms with Gasteiger partial charge in [-0.1, -0.05) is 23.4 Å². The second-order valence-corrected chi connectivity index (χ2v) is 4.42. The lowest BCUT2D eigenvalue weighted by Crippen LogP contribution is -1.84. The van der Waals surface area contributed by atoms with Crippen LogP contribution in [0.15, 0.2) is 39.9 Å². The zero-order valence-electron chi connectivity index (χ0n) is 7.56. The maximum absolute atomic E-state index is 5.02. The van der Waals surface area contributed by atoms with Gasteiger partial charge < -0.3 is 4.52 Å². The van der Waals surface area contributed by atoms with Gasteiger partial charge in [-0.2, -0.15) is 0 Å². The minimum Gasteiger partial charge on any atom is -0.364 e. The minimum absolute atomic E-state index is 1.02. The van der Waals surface area contributed by atoms with Gasteiger partial charge in [-0.15, -0.1) is 11.8 Å². The monoisotopic (exact) mass is 203 g/mol. The molecule has 0 amide bonds. The summed E-state index contributed by atoms with van der Waals surface area (Å²) in [7, 11) is 0. The van der Waals surface area contributed by atoms with Crippen LogP contribution in [-0.2, 0) is 6.42 Å². The lowest BCUT2D eigenvalue weighted by Gasteiger charge is -2.01. The third kappa shape index (κ3) is 1.16. The van der Waals surface area contributed by atoms with E-state index in [1.807, 2.05) is 17.8 Å². The highest BCUT2D eigenvalue weighted by Crippen LogP contribution is 2.36. The number of thioether (sulfide) groups is 1. The Balaban J connectivity index is 2.27. The summed E-state index contributed by atoms with van der Waals surface area (Å²) in [6, 6.07) is 8.36. The maximum Gasteiger partial charge on any atom is 0.127 e. The van der Waals surface area contributed by atoms with Crippen molar-refractivity contribution in [1.29, 1.82) is 0 Å². The molecule has 3 heteroatoms. The van der Waals surface area contributed by atoms with E-state index in [0.717, 1.165) is 17.9 Å². The molecule has 0 saturated heterocycles. The van der Waals surface area contributed by atoms with Crippen LogP contribution in [-0.4, -0.2) is 10.9 Å². The molecule has 1 aliphatic heterocycles. The summed E-state index contributed by atoms with van der Waals surface area (Å²) in [5.74, 6) is 1.10. The van der Waals surface area contributed by atoms with Gasteiger partial charge in [-0.25, -0.2) is 0 Å². The van der Waals surface area contributed by atoms with Gasteiger partial charge in [0, 0.05) is 21.8 Å². The molecule has 1 aromatic heterocycles. The van der Waals surface area contributed by atoms with Gasteiger partial charge in [0.1, 0.15) is 12.0 Å². The number of rotatable bonds is 0. The van der Waals surface area contributed by atoms with Gasteiger partial charge in [-0.3, -0.25) is 0 Å². The SMILES string of the molecule is c1ccc2c(c1)SCCc1conc1-2. The molecule has 0 unspecified atom stereocenters. The van der Waals surface area contributed by atoms with E-state index in [-0.39, 0.29) is 0 Å². The molecular weight excluding hydrogens is 194 g/mol. The number of aromatic nitrogens is 1. The van der Waals surface area contributed by atoms with E-state index >= 15 is 0 Å². The van der Waals surface area contributed by atoms with E-state index in [4.69, 9.17) is 4.52 Å². The lowest BCUT2D eigenvalue weighted by atomic mass is 10.1. The maximum atomic E-state index is 5.02. The fraction of sp³-hybridized carbons (Fsp3) is 0.182. The molecule has 0 saturated carbocycles. The Morgan fingerprint density at radius 3 is 3.21 bits per heavy atom. The van der Waals surface area contributed by atoms with Crippen molar-refractivity contribution >= 4 is 11.8 Å². The zero-order chi connectivity index (χ0) is 9.38. The predicted molar refractivity (Wildman–Crippen MR) is 56.4 cm³/mol. The predicted octanol–water partition coefficient (Wildman–Crippen LogP) is 2.99. The summed E-state index contributed by atoms with van der Waals surface area (Å²) < 4.78 is 5.02. The first-order valence-electron chi connectivity index (χ1n) is 4.60. The van der Waals surface area contributed by atoms with Crippen LogP contribution in [0.1, 0.15) is 5.56 Å². The molecule has 0 fully saturated rings. The molecule has 70 valence electrons. The Hall–Kier alpha value is -1.22. The molecule has 14 heavy (non-hydrogen) atoms. The molecule has 0 aliphatic carbocycles. The Morgan fingerprint density at radius 1 is 1.29 bits per heavy atom. The van der Waals surface area contributed by atoms with Crippen molar-refractivity contribution in [2.24, 2.45) is 0 Å². The van der Waals surface area contributed by atoms with Crippen molar-refractivity contribution in [3.05, 3.63) is 36.1 Å². The van der Waals surface area contributed by atoms with E-state index in [1.165, 1.54) is 16.0 Å². The first-order valence-corrected chi connectivity index (χ1v) is 5.59. The third-order valence-electron chi connectivity index (χ3n) is 2.41. The second-order valence-electron chi connectivity index (χ2n) is 3.28. The number of hydrogen-bond acceptors (Lipinski definition) is 3. The quantitative estimate of drug-likeness (QED) is 0.658. The van der Waals surface area contributed by atoms with Crippen molar-refractivity contribution in [1.82, 2.24) is 5.16 Å². The standard InChI is InChI=1S/C11H9NOS/c1-2-4-10-9(3-1)11-8(5-6-14-10)7-13-12-11/h1-4,7H,5-6H2. The van der Waals surface area contributed by atoms with Crippen LogP contribution in [0.4, 0.5) is 0 Å². The van der Waals surface area contributed by atoms with E-state index in [2.05, 4.69) is 23.4 Å². The van der Waals surface area contributed by atoms with Crippen LogP contribution >= 0.6 is 11.8 Å². The van der Waals surface area contributed by atoms with E-state index in [1.54, 1.807) is 6.26 Å². The van der Waals surface area contributed by atoms with E-state index in [0.29, 0.717) is 0 Å². The third-order valence-corrected chi connectivity index (χ3v) is 3.49. The highest BCUT2D eigenvalue weighted by molar-refractivity contribution is 7.99. The van der Waals surface area contributed by atoms with Crippen LogP contribution in [0.3, 0.4) is 0 Å². The fourth-order valence-electron chi connectivity index (χ4n) is 1.72. The van der Waals surface area contributed by atoms with Crippen LogP contribution in [0.25, 0.3) is 11.3 Å². The van der Waals surface area contributed by atoms with E-state index in [9.17, 15) is 0 Å². The summed E-state index contributed by atoms with van der Waals surface area (Å²) in [5.41, 5.74) is 3.45. The molecule has 1 aromatic carbocycles. The first kappa shape index (κ1) is 8.12. The van der Waals surface area contributed by atoms with Crippen molar-refractivity contribution in [3.8, 4) is 11.3 Å². The van der Waals surface area contributed by atoms with Crippen LogP contribution in [0.2, 0.25) is 0 Å². The van der Waals surface area contributed by atoms with E-state index < -0.39 is 0 Å². The number of benzene rings is 1. The summed E-state index contributed by atoms with van der Waals surface area (Å²) in [6.45, 7) is 0. The summed E-state index contributed by atoms with van der Waals surface area (Å²) in [5, 5.41) is 4.07. The number of nitrogens with zero attached hydrogens (tertiary/aromatic N) is 1. The zero-order valence-corrected chi connectivity index (χ0v) is 8.38. The molecule has 3 rings (SSSR count). The average molecular weight is 203 g/mol. The Kier molecular flexibility index (Phi) is 1.84. The molecule has 0 spiro atoms. The molecular formula is C11H9NOS. The number of hydrogen-bond donors (Lipinski definition) is 0. The summed E-state index contributed by atoms with van der Waals surface area (Å²) in [4.78, 5) is 1.31. The lowest BCUT2D eigenvalue weighted by molar-refractivity contribution is 0.421. The highest BCUT2D eigenvalue weighted by atomic mass is 32.2. The largest absolute Gasteiger partial charge is 0.364 e. The van der Waals surface area contributed by atoms with Crippen molar-refractivity contribution in [2.75, 3.05) is 5.75 Å². The summed E-state index contributed by atoms with van der Waals surface area (Å²) in [6.07, 6.45) is 2.80. The minimum atomic E-state index is 1.02. The van der Waals surface area contributed by atoms with Crippen LogP contribution in [0, 0.1) is 0 Å². The average Bonchev–Trinajstić information content (AvgIpc) is 2.61. The molecule has 0 radical (unpaired) electrons. The van der Waals surface area contributed by atoms with Crippen LogP contribution < -0.4 is 0 Å². The molecule has 2 aromatic rings. The Morgan fingerprint density at radius 2 is 2.21 bits per heavy atom. The number of aryl methyl sites for hydroxylation is 1. The fourth-order valence-corrected chi connectivity index (χ4v) is 2.75. The molecule has 2 nitrogen and oxygen atoms in total. The van der Waals surface area contributed by atoms with Crippen molar-refractivity contribution in [3.63, 3.8) is 0 Å². The molecule has 0 bridgehead atoms. The highest BCUT2D eigenvalue weighted by Gasteiger charge is 2.17. The Bertz CT molecular complexity index is 464. The molecule has 0 N–H and O–H groups in total. The molecule has 2 heterocycles. The van der Waals surface area contributed by atoms with Crippen molar-refractivity contribution < 1.29 is 4.52 Å². The summed E-state index contributed by atoms with van der Waals surface area (Å²) >= 11 is 1.89. The second kappa shape index (κ2) is 3.17. The topological polar surface area (TPSA) is 26.0 Å². The number of fused-ring (bicyclic) bond motifs is 3. The van der Waals surface area contributed by atoms with Gasteiger partial charge in [0.15, 0.2) is 0 Å². The van der Waals surface area contributed by atoms with Crippen molar-refractivity contribution in [2.45, 2.75) is 11.3 Å². The smallest absolute Gasteiger partial charge is 0.127 e. The van der Waals surface area contributed by atoms with Gasteiger partial charge in [0.25, 0.3) is 0 Å². The molecule has 1 aliphatic rings. The van der Waals surface area contributed by atoms with Gasteiger partial charge in [-0.05, 0) is 12.5 Å². The van der Waals surface area contributed by atoms with Gasteiger partial charge in [0.05, 0.1) is 0 Å².